The predicted octanol–water partition coefficient (Wildman–Crippen LogP) is -0.241. The molecule has 2 amide bonds. The normalized spacial score (nSPS) is 25.1. The number of hydrogen-bond donors (Lipinski definition) is 1. The van der Waals surface area contributed by atoms with Gasteiger partial charge < -0.3 is 15.4 Å². The molecule has 3 rings (SSSR count). The van der Waals surface area contributed by atoms with Crippen molar-refractivity contribution in [3.63, 3.8) is 0 Å². The molecule has 0 bridgehead atoms. The fourth-order valence-corrected chi connectivity index (χ4v) is 3.62. The van der Waals surface area contributed by atoms with Gasteiger partial charge >= 0.3 is 0 Å². The summed E-state index contributed by atoms with van der Waals surface area (Å²) >= 11 is 0. The summed E-state index contributed by atoms with van der Waals surface area (Å²) in [5.41, 5.74) is 6.58. The number of aromatic nitrogens is 2. The van der Waals surface area contributed by atoms with Crippen LogP contribution in [0.2, 0.25) is 0 Å². The van der Waals surface area contributed by atoms with E-state index in [1.165, 1.54) is 0 Å². The lowest BCUT2D eigenvalue weighted by molar-refractivity contribution is -0.143. The molecule has 3 heterocycles. The second-order valence-corrected chi connectivity index (χ2v) is 6.97. The van der Waals surface area contributed by atoms with Crippen LogP contribution in [0.25, 0.3) is 0 Å². The molecular formula is C17H27N5O3. The van der Waals surface area contributed by atoms with Crippen LogP contribution in [-0.4, -0.2) is 76.3 Å². The van der Waals surface area contributed by atoms with Crippen LogP contribution in [0.3, 0.4) is 0 Å². The minimum atomic E-state index is -0.454. The van der Waals surface area contributed by atoms with Gasteiger partial charge in [-0.3, -0.25) is 19.2 Å². The number of amides is 2. The number of ether oxygens (including phenoxy) is 1. The van der Waals surface area contributed by atoms with Gasteiger partial charge in [-0.2, -0.15) is 5.10 Å². The third kappa shape index (κ3) is 4.58. The van der Waals surface area contributed by atoms with Crippen molar-refractivity contribution in [3.05, 3.63) is 18.0 Å². The fourth-order valence-electron chi connectivity index (χ4n) is 3.62. The molecule has 2 aliphatic heterocycles. The molecule has 0 aromatic carbocycles. The number of hydrogen-bond acceptors (Lipinski definition) is 5. The molecule has 0 unspecified atom stereocenters. The average Bonchev–Trinajstić information content (AvgIpc) is 3.00. The van der Waals surface area contributed by atoms with Crippen molar-refractivity contribution in [3.8, 4) is 0 Å². The monoisotopic (exact) mass is 349 g/mol. The van der Waals surface area contributed by atoms with Gasteiger partial charge in [0.05, 0.1) is 32.0 Å². The fraction of sp³-hybridized carbons (Fsp3) is 0.706. The Bertz CT molecular complexity index is 617. The first kappa shape index (κ1) is 17.9. The van der Waals surface area contributed by atoms with Gasteiger partial charge in [-0.05, 0) is 31.7 Å². The van der Waals surface area contributed by atoms with E-state index >= 15 is 0 Å². The van der Waals surface area contributed by atoms with Crippen molar-refractivity contribution in [1.82, 2.24) is 19.6 Å². The van der Waals surface area contributed by atoms with Gasteiger partial charge in [0, 0.05) is 25.8 Å². The smallest absolute Gasteiger partial charge is 0.240 e. The van der Waals surface area contributed by atoms with E-state index in [-0.39, 0.29) is 12.0 Å². The number of piperidine rings is 1. The Balaban J connectivity index is 1.54. The highest BCUT2D eigenvalue weighted by Crippen LogP contribution is 2.18. The van der Waals surface area contributed by atoms with Crippen molar-refractivity contribution in [2.45, 2.75) is 44.9 Å². The molecule has 138 valence electrons. The molecule has 2 N–H and O–H groups in total. The molecule has 25 heavy (non-hydrogen) atoms. The van der Waals surface area contributed by atoms with Gasteiger partial charge in [-0.1, -0.05) is 0 Å². The first-order chi connectivity index (χ1) is 12.0. The zero-order chi connectivity index (χ0) is 17.8. The second-order valence-electron chi connectivity index (χ2n) is 6.97. The highest BCUT2D eigenvalue weighted by molar-refractivity contribution is 5.87. The van der Waals surface area contributed by atoms with Crippen LogP contribution < -0.4 is 5.73 Å². The van der Waals surface area contributed by atoms with Crippen LogP contribution in [-0.2, 0) is 20.9 Å². The summed E-state index contributed by atoms with van der Waals surface area (Å²) in [6.07, 6.45) is 6.36. The third-order valence-corrected chi connectivity index (χ3v) is 4.89. The Morgan fingerprint density at radius 3 is 2.92 bits per heavy atom. The molecular weight excluding hydrogens is 322 g/mol. The average molecular weight is 349 g/mol. The summed E-state index contributed by atoms with van der Waals surface area (Å²) in [4.78, 5) is 28.0. The number of nitrogens with zero attached hydrogens (tertiary/aromatic N) is 4. The topological polar surface area (TPSA) is 93.7 Å². The number of aryl methyl sites for hydroxylation is 1. The van der Waals surface area contributed by atoms with Gasteiger partial charge in [0.15, 0.2) is 0 Å². The molecule has 0 saturated carbocycles. The van der Waals surface area contributed by atoms with E-state index < -0.39 is 11.9 Å². The number of nitrogens with two attached hydrogens (primary N) is 1. The molecule has 2 atom stereocenters. The SMILES string of the molecule is Cc1cnn(C[C@H]2CN(CC(=O)N3CCCC[C@H]3C(N)=O)CCO2)c1. The van der Waals surface area contributed by atoms with E-state index in [2.05, 4.69) is 10.00 Å². The standard InChI is InChI=1S/C17H27N5O3/c1-13-8-19-21(9-13)11-14-10-20(6-7-25-14)12-16(23)22-5-3-2-4-15(22)17(18)24/h8-9,14-15H,2-7,10-12H2,1H3,(H2,18,24)/t14-,15+/m1/s1. The molecule has 2 aliphatic rings. The molecule has 1 aromatic heterocycles. The minimum absolute atomic E-state index is 0.00847. The van der Waals surface area contributed by atoms with E-state index in [9.17, 15) is 9.59 Å². The van der Waals surface area contributed by atoms with E-state index in [1.54, 1.807) is 4.90 Å². The van der Waals surface area contributed by atoms with E-state index in [4.69, 9.17) is 10.5 Å². The van der Waals surface area contributed by atoms with Gasteiger partial charge in [-0.25, -0.2) is 0 Å². The minimum Gasteiger partial charge on any atom is -0.374 e. The van der Waals surface area contributed by atoms with Crippen molar-refractivity contribution < 1.29 is 14.3 Å². The maximum atomic E-state index is 12.7. The zero-order valence-electron chi connectivity index (χ0n) is 14.8. The summed E-state index contributed by atoms with van der Waals surface area (Å²) in [5, 5.41) is 4.29. The maximum Gasteiger partial charge on any atom is 0.240 e. The lowest BCUT2D eigenvalue weighted by Gasteiger charge is -2.37. The first-order valence-electron chi connectivity index (χ1n) is 8.94. The Morgan fingerprint density at radius 2 is 2.20 bits per heavy atom. The quantitative estimate of drug-likeness (QED) is 0.792. The van der Waals surface area contributed by atoms with Gasteiger partial charge in [0.1, 0.15) is 6.04 Å². The van der Waals surface area contributed by atoms with Crippen LogP contribution in [0.15, 0.2) is 12.4 Å². The second kappa shape index (κ2) is 7.97. The van der Waals surface area contributed by atoms with Gasteiger partial charge in [0.25, 0.3) is 0 Å². The number of carbonyl (C=O) groups excluding carboxylic acids is 2. The number of carbonyl (C=O) groups is 2. The summed E-state index contributed by atoms with van der Waals surface area (Å²) in [5.74, 6) is -0.416. The van der Waals surface area contributed by atoms with E-state index in [0.717, 1.165) is 24.9 Å². The van der Waals surface area contributed by atoms with E-state index in [1.807, 2.05) is 24.0 Å². The van der Waals surface area contributed by atoms with Crippen molar-refractivity contribution in [1.29, 1.82) is 0 Å². The Kier molecular flexibility index (Phi) is 5.70. The summed E-state index contributed by atoms with van der Waals surface area (Å²) in [7, 11) is 0. The number of likely N-dealkylation sites (tertiary alicyclic amines) is 1. The summed E-state index contributed by atoms with van der Waals surface area (Å²) in [6.45, 7) is 5.59. The third-order valence-electron chi connectivity index (χ3n) is 4.89. The van der Waals surface area contributed by atoms with E-state index in [0.29, 0.717) is 39.2 Å². The summed E-state index contributed by atoms with van der Waals surface area (Å²) in [6, 6.07) is -0.454. The Morgan fingerprint density at radius 1 is 1.36 bits per heavy atom. The Labute approximate surface area is 147 Å². The van der Waals surface area contributed by atoms with Gasteiger partial charge in [-0.15, -0.1) is 0 Å². The van der Waals surface area contributed by atoms with Gasteiger partial charge in [0.2, 0.25) is 11.8 Å². The molecule has 2 fully saturated rings. The molecule has 8 nitrogen and oxygen atoms in total. The highest BCUT2D eigenvalue weighted by Gasteiger charge is 2.32. The first-order valence-corrected chi connectivity index (χ1v) is 8.94. The lowest BCUT2D eigenvalue weighted by Crippen LogP contribution is -2.55. The zero-order valence-corrected chi connectivity index (χ0v) is 14.8. The van der Waals surface area contributed by atoms with Crippen LogP contribution in [0.5, 0.6) is 0 Å². The molecule has 2 saturated heterocycles. The lowest BCUT2D eigenvalue weighted by atomic mass is 10.0. The number of morpholine rings is 1. The molecule has 1 aromatic rings. The highest BCUT2D eigenvalue weighted by atomic mass is 16.5. The number of primary amides is 1. The predicted molar refractivity (Wildman–Crippen MR) is 91.7 cm³/mol. The van der Waals surface area contributed by atoms with Crippen molar-refractivity contribution in [2.75, 3.05) is 32.8 Å². The molecule has 0 aliphatic carbocycles. The van der Waals surface area contributed by atoms with Crippen LogP contribution in [0.1, 0.15) is 24.8 Å². The largest absolute Gasteiger partial charge is 0.374 e. The van der Waals surface area contributed by atoms with Crippen LogP contribution in [0, 0.1) is 6.92 Å². The van der Waals surface area contributed by atoms with Crippen LogP contribution >= 0.6 is 0 Å². The Hall–Kier alpha value is -1.93. The number of rotatable bonds is 5. The maximum absolute atomic E-state index is 12.7. The van der Waals surface area contributed by atoms with Crippen LogP contribution in [0.4, 0.5) is 0 Å². The van der Waals surface area contributed by atoms with Crippen molar-refractivity contribution in [2.24, 2.45) is 5.73 Å². The molecule has 8 heteroatoms. The summed E-state index contributed by atoms with van der Waals surface area (Å²) < 4.78 is 7.68. The molecule has 0 spiro atoms. The molecule has 0 radical (unpaired) electrons. The van der Waals surface area contributed by atoms with Crippen molar-refractivity contribution >= 4 is 11.8 Å².